The zero-order valence-corrected chi connectivity index (χ0v) is 15.6. The normalized spacial score (nSPS) is 14.7. The van der Waals surface area contributed by atoms with Gasteiger partial charge in [-0.05, 0) is 43.3 Å². The quantitative estimate of drug-likeness (QED) is 0.842. The summed E-state index contributed by atoms with van der Waals surface area (Å²) in [4.78, 5) is 30.7. The highest BCUT2D eigenvalue weighted by Crippen LogP contribution is 2.30. The highest BCUT2D eigenvalue weighted by molar-refractivity contribution is 5.99. The molecule has 3 amide bonds. The number of ether oxygens (including phenoxy) is 1. The molecule has 0 saturated carbocycles. The summed E-state index contributed by atoms with van der Waals surface area (Å²) in [5, 5.41) is 2.69. The Morgan fingerprint density at radius 2 is 1.93 bits per heavy atom. The summed E-state index contributed by atoms with van der Waals surface area (Å²) < 4.78 is 43.9. The molecule has 10 heteroatoms. The van der Waals surface area contributed by atoms with E-state index in [0.717, 1.165) is 12.3 Å². The average molecular weight is 408 g/mol. The largest absolute Gasteiger partial charge is 0.494 e. The third-order valence-electron chi connectivity index (χ3n) is 4.27. The first kappa shape index (κ1) is 20.4. The van der Waals surface area contributed by atoms with Crippen LogP contribution in [0.25, 0.3) is 0 Å². The lowest BCUT2D eigenvalue weighted by atomic mass is 10.2. The maximum Gasteiger partial charge on any atom is 0.433 e. The molecule has 7 nitrogen and oxygen atoms in total. The summed E-state index contributed by atoms with van der Waals surface area (Å²) in [6.07, 6.45) is -3.59. The lowest BCUT2D eigenvalue weighted by Gasteiger charge is -2.34. The highest BCUT2D eigenvalue weighted by atomic mass is 19.4. The van der Waals surface area contributed by atoms with Gasteiger partial charge in [-0.3, -0.25) is 9.78 Å². The third-order valence-corrected chi connectivity index (χ3v) is 4.27. The van der Waals surface area contributed by atoms with E-state index >= 15 is 0 Å². The molecule has 1 aromatic heterocycles. The van der Waals surface area contributed by atoms with Crippen molar-refractivity contribution >= 4 is 23.3 Å². The molecule has 2 heterocycles. The number of nitrogens with zero attached hydrogens (tertiary/aromatic N) is 3. The van der Waals surface area contributed by atoms with Crippen LogP contribution in [0.1, 0.15) is 12.6 Å². The van der Waals surface area contributed by atoms with Gasteiger partial charge in [-0.2, -0.15) is 13.2 Å². The molecule has 2 aromatic rings. The SMILES string of the molecule is CCOc1ccc(NC(=O)N2CCN(c3ccnc(C(F)(F)F)c3)C(=O)C2)cc1. The third kappa shape index (κ3) is 4.95. The molecular weight excluding hydrogens is 389 g/mol. The maximum atomic E-state index is 12.8. The van der Waals surface area contributed by atoms with Crippen LogP contribution in [0, 0.1) is 0 Å². The molecule has 0 aliphatic carbocycles. The monoisotopic (exact) mass is 408 g/mol. The number of aromatic nitrogens is 1. The number of nitrogens with one attached hydrogen (secondary N) is 1. The molecule has 1 aromatic carbocycles. The van der Waals surface area contributed by atoms with Gasteiger partial charge in [0, 0.05) is 30.7 Å². The van der Waals surface area contributed by atoms with E-state index in [-0.39, 0.29) is 25.3 Å². The van der Waals surface area contributed by atoms with Gasteiger partial charge in [-0.1, -0.05) is 0 Å². The summed E-state index contributed by atoms with van der Waals surface area (Å²) in [6, 6.07) is 8.48. The second kappa shape index (κ2) is 8.38. The lowest BCUT2D eigenvalue weighted by Crippen LogP contribution is -2.53. The molecule has 154 valence electrons. The van der Waals surface area contributed by atoms with Crippen LogP contribution in [0.15, 0.2) is 42.6 Å². The number of hydrogen-bond acceptors (Lipinski definition) is 4. The molecule has 0 unspecified atom stereocenters. The first-order valence-corrected chi connectivity index (χ1v) is 8.90. The van der Waals surface area contributed by atoms with Gasteiger partial charge in [0.1, 0.15) is 18.0 Å². The second-order valence-corrected chi connectivity index (χ2v) is 6.25. The van der Waals surface area contributed by atoms with Crippen LogP contribution in [0.5, 0.6) is 5.75 Å². The second-order valence-electron chi connectivity index (χ2n) is 6.25. The van der Waals surface area contributed by atoms with Gasteiger partial charge >= 0.3 is 12.2 Å². The minimum atomic E-state index is -4.60. The van der Waals surface area contributed by atoms with Gasteiger partial charge in [-0.25, -0.2) is 4.79 Å². The Kier molecular flexibility index (Phi) is 5.90. The van der Waals surface area contributed by atoms with Crippen LogP contribution in [-0.2, 0) is 11.0 Å². The number of piperazine rings is 1. The van der Waals surface area contributed by atoms with Gasteiger partial charge in [-0.15, -0.1) is 0 Å². The maximum absolute atomic E-state index is 12.8. The number of rotatable bonds is 4. The number of urea groups is 1. The molecule has 0 atom stereocenters. The van der Waals surface area contributed by atoms with Gasteiger partial charge in [0.2, 0.25) is 5.91 Å². The summed E-state index contributed by atoms with van der Waals surface area (Å²) >= 11 is 0. The van der Waals surface area contributed by atoms with Gasteiger partial charge in [0.05, 0.1) is 6.61 Å². The standard InChI is InChI=1S/C19H19F3N4O3/c1-2-29-15-5-3-13(4-6-15)24-18(28)25-9-10-26(17(27)12-25)14-7-8-23-16(11-14)19(20,21)22/h3-8,11H,2,9-10,12H2,1H3,(H,24,28). The van der Waals surface area contributed by atoms with Crippen molar-refractivity contribution in [1.29, 1.82) is 0 Å². The molecule has 29 heavy (non-hydrogen) atoms. The summed E-state index contributed by atoms with van der Waals surface area (Å²) in [7, 11) is 0. The van der Waals surface area contributed by atoms with Crippen LogP contribution in [0.4, 0.5) is 29.3 Å². The molecule has 1 aliphatic heterocycles. The predicted octanol–water partition coefficient (Wildman–Crippen LogP) is 3.38. The number of anilines is 2. The molecule has 1 fully saturated rings. The van der Waals surface area contributed by atoms with Crippen molar-refractivity contribution < 1.29 is 27.5 Å². The van der Waals surface area contributed by atoms with E-state index in [4.69, 9.17) is 4.74 Å². The zero-order chi connectivity index (χ0) is 21.0. The van der Waals surface area contributed by atoms with Crippen LogP contribution < -0.4 is 15.0 Å². The van der Waals surface area contributed by atoms with E-state index in [1.165, 1.54) is 15.9 Å². The minimum Gasteiger partial charge on any atom is -0.494 e. The Balaban J connectivity index is 1.62. The van der Waals surface area contributed by atoms with Crippen molar-refractivity contribution in [2.75, 3.05) is 36.5 Å². The first-order valence-electron chi connectivity index (χ1n) is 8.90. The van der Waals surface area contributed by atoms with Gasteiger partial charge < -0.3 is 19.9 Å². The predicted molar refractivity (Wildman–Crippen MR) is 99.8 cm³/mol. The van der Waals surface area contributed by atoms with Crippen LogP contribution in [-0.4, -0.2) is 48.1 Å². The van der Waals surface area contributed by atoms with E-state index in [2.05, 4.69) is 10.3 Å². The molecule has 0 radical (unpaired) electrons. The van der Waals surface area contributed by atoms with Gasteiger partial charge in [0.15, 0.2) is 0 Å². The average Bonchev–Trinajstić information content (AvgIpc) is 2.69. The van der Waals surface area contributed by atoms with Crippen LogP contribution in [0.2, 0.25) is 0 Å². The molecule has 0 spiro atoms. The fourth-order valence-corrected chi connectivity index (χ4v) is 2.87. The fraction of sp³-hybridized carbons (Fsp3) is 0.316. The summed E-state index contributed by atoms with van der Waals surface area (Å²) in [5.74, 6) is 0.197. The number of carbonyl (C=O) groups excluding carboxylic acids is 2. The smallest absolute Gasteiger partial charge is 0.433 e. The number of halogens is 3. The van der Waals surface area contributed by atoms with E-state index in [0.29, 0.717) is 18.0 Å². The molecule has 0 bridgehead atoms. The lowest BCUT2D eigenvalue weighted by molar-refractivity contribution is -0.141. The Bertz CT molecular complexity index is 887. The highest BCUT2D eigenvalue weighted by Gasteiger charge is 2.34. The topological polar surface area (TPSA) is 74.8 Å². The summed E-state index contributed by atoms with van der Waals surface area (Å²) in [5.41, 5.74) is -0.431. The van der Waals surface area contributed by atoms with Gasteiger partial charge in [0.25, 0.3) is 0 Å². The van der Waals surface area contributed by atoms with E-state index in [1.807, 2.05) is 6.92 Å². The number of hydrogen-bond donors (Lipinski definition) is 1. The first-order chi connectivity index (χ1) is 13.8. The molecule has 1 aliphatic rings. The van der Waals surface area contributed by atoms with Crippen LogP contribution >= 0.6 is 0 Å². The number of pyridine rings is 1. The molecular formula is C19H19F3N4O3. The fourth-order valence-electron chi connectivity index (χ4n) is 2.87. The van der Waals surface area contributed by atoms with Crippen molar-refractivity contribution in [3.8, 4) is 5.75 Å². The van der Waals surface area contributed by atoms with Crippen LogP contribution in [0.3, 0.4) is 0 Å². The molecule has 1 saturated heterocycles. The molecule has 1 N–H and O–H groups in total. The van der Waals surface area contributed by atoms with Crippen molar-refractivity contribution in [2.24, 2.45) is 0 Å². The zero-order valence-electron chi connectivity index (χ0n) is 15.6. The van der Waals surface area contributed by atoms with Crippen molar-refractivity contribution in [1.82, 2.24) is 9.88 Å². The Labute approximate surface area is 165 Å². The number of amides is 3. The Hall–Kier alpha value is -3.30. The van der Waals surface area contributed by atoms with Crippen molar-refractivity contribution in [2.45, 2.75) is 13.1 Å². The minimum absolute atomic E-state index is 0.0802. The number of carbonyl (C=O) groups is 2. The Morgan fingerprint density at radius 1 is 1.21 bits per heavy atom. The van der Waals surface area contributed by atoms with E-state index in [9.17, 15) is 22.8 Å². The Morgan fingerprint density at radius 3 is 2.55 bits per heavy atom. The number of benzene rings is 1. The van der Waals surface area contributed by atoms with Crippen molar-refractivity contribution in [3.05, 3.63) is 48.3 Å². The number of alkyl halides is 3. The van der Waals surface area contributed by atoms with E-state index < -0.39 is 23.8 Å². The van der Waals surface area contributed by atoms with E-state index in [1.54, 1.807) is 24.3 Å². The molecule has 3 rings (SSSR count). The van der Waals surface area contributed by atoms with Crippen molar-refractivity contribution in [3.63, 3.8) is 0 Å². The summed E-state index contributed by atoms with van der Waals surface area (Å²) in [6.45, 7) is 2.41.